The van der Waals surface area contributed by atoms with E-state index in [-0.39, 0.29) is 16.7 Å². The standard InChI is InChI=1S/C12H8O5/c1-6-9(12(16)17-11(6)15)7-3-2-4-8(5-7)10(13)14/h2-5H,1H3,(H,13,14). The van der Waals surface area contributed by atoms with Crippen molar-refractivity contribution in [2.45, 2.75) is 6.92 Å². The first-order valence-electron chi connectivity index (χ1n) is 4.82. The third-order valence-electron chi connectivity index (χ3n) is 2.47. The van der Waals surface area contributed by atoms with Crippen LogP contribution in [-0.2, 0) is 14.3 Å². The fraction of sp³-hybridized carbons (Fsp3) is 0.0833. The van der Waals surface area contributed by atoms with E-state index in [4.69, 9.17) is 5.11 Å². The maximum Gasteiger partial charge on any atom is 0.347 e. The zero-order valence-corrected chi connectivity index (χ0v) is 8.89. The number of cyclic esters (lactones) is 2. The lowest BCUT2D eigenvalue weighted by Crippen LogP contribution is -2.02. The first kappa shape index (κ1) is 11.1. The minimum absolute atomic E-state index is 0.0509. The van der Waals surface area contributed by atoms with E-state index in [1.54, 1.807) is 6.07 Å². The van der Waals surface area contributed by atoms with Crippen LogP contribution in [-0.4, -0.2) is 23.0 Å². The van der Waals surface area contributed by atoms with Crippen LogP contribution in [0.1, 0.15) is 22.8 Å². The highest BCUT2D eigenvalue weighted by Gasteiger charge is 2.31. The molecule has 0 spiro atoms. The third kappa shape index (κ3) is 1.82. The summed E-state index contributed by atoms with van der Waals surface area (Å²) in [6.07, 6.45) is 0. The smallest absolute Gasteiger partial charge is 0.347 e. The summed E-state index contributed by atoms with van der Waals surface area (Å²) >= 11 is 0. The Morgan fingerprint density at radius 1 is 1.24 bits per heavy atom. The predicted molar refractivity (Wildman–Crippen MR) is 57.1 cm³/mol. The molecule has 1 heterocycles. The summed E-state index contributed by atoms with van der Waals surface area (Å²) in [5.74, 6) is -2.52. The molecule has 1 aliphatic heterocycles. The SMILES string of the molecule is CC1=C(c2cccc(C(=O)O)c2)C(=O)OC1=O. The molecule has 0 unspecified atom stereocenters. The molecule has 5 nitrogen and oxygen atoms in total. The first-order valence-corrected chi connectivity index (χ1v) is 4.82. The summed E-state index contributed by atoms with van der Waals surface area (Å²) in [6.45, 7) is 1.47. The molecule has 17 heavy (non-hydrogen) atoms. The maximum absolute atomic E-state index is 11.4. The number of hydrogen-bond donors (Lipinski definition) is 1. The highest BCUT2D eigenvalue weighted by atomic mass is 16.6. The van der Waals surface area contributed by atoms with E-state index in [0.29, 0.717) is 5.56 Å². The molecule has 0 bridgehead atoms. The highest BCUT2D eigenvalue weighted by molar-refractivity contribution is 6.30. The van der Waals surface area contributed by atoms with Gasteiger partial charge in [-0.05, 0) is 24.6 Å². The van der Waals surface area contributed by atoms with Gasteiger partial charge in [0.15, 0.2) is 0 Å². The van der Waals surface area contributed by atoms with Crippen molar-refractivity contribution in [1.29, 1.82) is 0 Å². The van der Waals surface area contributed by atoms with Gasteiger partial charge in [-0.3, -0.25) is 0 Å². The van der Waals surface area contributed by atoms with Gasteiger partial charge in [0.1, 0.15) is 0 Å². The lowest BCUT2D eigenvalue weighted by molar-refractivity contribution is -0.150. The van der Waals surface area contributed by atoms with Gasteiger partial charge < -0.3 is 9.84 Å². The van der Waals surface area contributed by atoms with E-state index in [2.05, 4.69) is 4.74 Å². The van der Waals surface area contributed by atoms with Crippen molar-refractivity contribution in [2.75, 3.05) is 0 Å². The third-order valence-corrected chi connectivity index (χ3v) is 2.47. The fourth-order valence-electron chi connectivity index (χ4n) is 1.61. The van der Waals surface area contributed by atoms with Gasteiger partial charge in [-0.25, -0.2) is 14.4 Å². The topological polar surface area (TPSA) is 80.7 Å². The van der Waals surface area contributed by atoms with Gasteiger partial charge in [0.25, 0.3) is 0 Å². The zero-order chi connectivity index (χ0) is 12.6. The normalized spacial score (nSPS) is 15.1. The molecule has 86 valence electrons. The van der Waals surface area contributed by atoms with Gasteiger partial charge >= 0.3 is 17.9 Å². The van der Waals surface area contributed by atoms with Gasteiger partial charge in [0.05, 0.1) is 11.1 Å². The molecule has 0 radical (unpaired) electrons. The minimum atomic E-state index is -1.09. The van der Waals surface area contributed by atoms with Crippen LogP contribution in [0.15, 0.2) is 29.8 Å². The Hall–Kier alpha value is -2.43. The zero-order valence-electron chi connectivity index (χ0n) is 8.89. The number of ether oxygens (including phenoxy) is 1. The number of esters is 2. The van der Waals surface area contributed by atoms with E-state index in [1.165, 1.54) is 25.1 Å². The van der Waals surface area contributed by atoms with Crippen molar-refractivity contribution in [1.82, 2.24) is 0 Å². The molecule has 1 aromatic carbocycles. The van der Waals surface area contributed by atoms with Crippen LogP contribution in [0.4, 0.5) is 0 Å². The average Bonchev–Trinajstić information content (AvgIpc) is 2.53. The second-order valence-electron chi connectivity index (χ2n) is 3.56. The molecular formula is C12H8O5. The molecule has 1 N–H and O–H groups in total. The number of carboxylic acid groups (broad SMARTS) is 1. The number of carbonyl (C=O) groups excluding carboxylic acids is 2. The monoisotopic (exact) mass is 232 g/mol. The van der Waals surface area contributed by atoms with Crippen LogP contribution in [0.25, 0.3) is 5.57 Å². The summed E-state index contributed by atoms with van der Waals surface area (Å²) in [4.78, 5) is 33.4. The fourth-order valence-corrected chi connectivity index (χ4v) is 1.61. The van der Waals surface area contributed by atoms with Crippen LogP contribution >= 0.6 is 0 Å². The van der Waals surface area contributed by atoms with Gasteiger partial charge in [0.2, 0.25) is 0 Å². The van der Waals surface area contributed by atoms with Crippen LogP contribution < -0.4 is 0 Å². The lowest BCUT2D eigenvalue weighted by Gasteiger charge is -2.01. The van der Waals surface area contributed by atoms with Gasteiger partial charge in [-0.1, -0.05) is 12.1 Å². The molecule has 0 aromatic heterocycles. The quantitative estimate of drug-likeness (QED) is 0.612. The molecule has 0 saturated heterocycles. The van der Waals surface area contributed by atoms with Crippen molar-refractivity contribution < 1.29 is 24.2 Å². The van der Waals surface area contributed by atoms with Gasteiger partial charge in [-0.2, -0.15) is 0 Å². The van der Waals surface area contributed by atoms with Crippen molar-refractivity contribution in [3.63, 3.8) is 0 Å². The second-order valence-corrected chi connectivity index (χ2v) is 3.56. The molecule has 0 amide bonds. The van der Waals surface area contributed by atoms with Crippen LogP contribution in [0.3, 0.4) is 0 Å². The molecule has 5 heteroatoms. The molecule has 0 atom stereocenters. The number of hydrogen-bond acceptors (Lipinski definition) is 4. The van der Waals surface area contributed by atoms with E-state index in [1.807, 2.05) is 0 Å². The largest absolute Gasteiger partial charge is 0.478 e. The Morgan fingerprint density at radius 3 is 2.47 bits per heavy atom. The lowest BCUT2D eigenvalue weighted by atomic mass is 10.0. The summed E-state index contributed by atoms with van der Waals surface area (Å²) in [5.41, 5.74) is 0.740. The minimum Gasteiger partial charge on any atom is -0.478 e. The van der Waals surface area contributed by atoms with Crippen molar-refractivity contribution in [2.24, 2.45) is 0 Å². The number of carboxylic acids is 1. The average molecular weight is 232 g/mol. The highest BCUT2D eigenvalue weighted by Crippen LogP contribution is 2.27. The number of benzene rings is 1. The predicted octanol–water partition coefficient (Wildman–Crippen LogP) is 1.24. The molecule has 1 aromatic rings. The maximum atomic E-state index is 11.4. The number of carbonyl (C=O) groups is 3. The molecule has 1 aliphatic rings. The first-order chi connectivity index (χ1) is 8.00. The van der Waals surface area contributed by atoms with E-state index < -0.39 is 17.9 Å². The van der Waals surface area contributed by atoms with Crippen molar-refractivity contribution in [3.05, 3.63) is 41.0 Å². The van der Waals surface area contributed by atoms with Gasteiger partial charge in [0, 0.05) is 5.57 Å². The Labute approximate surface area is 96.3 Å². The van der Waals surface area contributed by atoms with E-state index in [0.717, 1.165) is 0 Å². The van der Waals surface area contributed by atoms with Crippen LogP contribution in [0.2, 0.25) is 0 Å². The van der Waals surface area contributed by atoms with Crippen LogP contribution in [0.5, 0.6) is 0 Å². The Balaban J connectivity index is 2.55. The van der Waals surface area contributed by atoms with Crippen LogP contribution in [0, 0.1) is 0 Å². The summed E-state index contributed by atoms with van der Waals surface area (Å²) in [6, 6.07) is 5.81. The van der Waals surface area contributed by atoms with Crippen molar-refractivity contribution in [3.8, 4) is 0 Å². The molecule has 0 saturated carbocycles. The van der Waals surface area contributed by atoms with E-state index in [9.17, 15) is 14.4 Å². The molecule has 2 rings (SSSR count). The summed E-state index contributed by atoms with van der Waals surface area (Å²) in [5, 5.41) is 8.84. The van der Waals surface area contributed by atoms with Crippen molar-refractivity contribution >= 4 is 23.5 Å². The van der Waals surface area contributed by atoms with E-state index >= 15 is 0 Å². The Kier molecular flexibility index (Phi) is 2.51. The Bertz CT molecular complexity index is 568. The molecular weight excluding hydrogens is 224 g/mol. The summed E-state index contributed by atoms with van der Waals surface area (Å²) < 4.78 is 4.44. The second kappa shape index (κ2) is 3.86. The molecule has 0 fully saturated rings. The summed E-state index contributed by atoms with van der Waals surface area (Å²) in [7, 11) is 0. The Morgan fingerprint density at radius 2 is 1.94 bits per heavy atom. The number of aromatic carboxylic acids is 1. The molecule has 0 aliphatic carbocycles. The van der Waals surface area contributed by atoms with Gasteiger partial charge in [-0.15, -0.1) is 0 Å². The number of rotatable bonds is 2.